The average molecular weight is 383 g/mol. The van der Waals surface area contributed by atoms with Crippen molar-refractivity contribution in [1.82, 2.24) is 10.6 Å². The van der Waals surface area contributed by atoms with Gasteiger partial charge in [0.15, 0.2) is 0 Å². The minimum absolute atomic E-state index is 0.0727. The Labute approximate surface area is 161 Å². The van der Waals surface area contributed by atoms with Gasteiger partial charge >= 0.3 is 6.03 Å². The number of nitrogens with two attached hydrogens (primary N) is 1. The van der Waals surface area contributed by atoms with Gasteiger partial charge in [0.1, 0.15) is 4.88 Å². The van der Waals surface area contributed by atoms with Crippen molar-refractivity contribution in [3.8, 4) is 16.5 Å². The molecule has 1 aliphatic rings. The van der Waals surface area contributed by atoms with E-state index in [0.717, 1.165) is 41.9 Å². The van der Waals surface area contributed by atoms with E-state index in [2.05, 4.69) is 22.0 Å². The number of hydrogen-bond donors (Lipinski definition) is 4. The minimum Gasteiger partial charge on any atom is -0.351 e. The summed E-state index contributed by atoms with van der Waals surface area (Å²) in [4.78, 5) is 25.4. The molecular weight excluding hydrogens is 362 g/mol. The van der Waals surface area contributed by atoms with Crippen LogP contribution in [0.3, 0.4) is 0 Å². The monoisotopic (exact) mass is 383 g/mol. The summed E-state index contributed by atoms with van der Waals surface area (Å²) in [6.07, 6.45) is 2.29. The highest BCUT2D eigenvalue weighted by Gasteiger charge is 2.22. The molecule has 2 heterocycles. The predicted octanol–water partition coefficient (Wildman–Crippen LogP) is 2.45. The summed E-state index contributed by atoms with van der Waals surface area (Å²) in [5.41, 5.74) is 7.51. The van der Waals surface area contributed by atoms with E-state index >= 15 is 0 Å². The van der Waals surface area contributed by atoms with E-state index in [1.807, 2.05) is 24.3 Å². The van der Waals surface area contributed by atoms with Crippen LogP contribution >= 0.6 is 11.3 Å². The van der Waals surface area contributed by atoms with Crippen LogP contribution in [-0.2, 0) is 6.42 Å². The lowest BCUT2D eigenvalue weighted by molar-refractivity contribution is 0.0935. The van der Waals surface area contributed by atoms with Crippen LogP contribution in [0.25, 0.3) is 10.4 Å². The first kappa shape index (κ1) is 18.9. The number of primary amides is 1. The van der Waals surface area contributed by atoms with E-state index in [4.69, 9.17) is 11.0 Å². The number of nitrogens with one attached hydrogen (secondary N) is 3. The van der Waals surface area contributed by atoms with Crippen molar-refractivity contribution >= 4 is 29.0 Å². The highest BCUT2D eigenvalue weighted by atomic mass is 32.1. The number of thiophene rings is 1. The second kappa shape index (κ2) is 8.66. The van der Waals surface area contributed by atoms with Gasteiger partial charge in [0.2, 0.25) is 0 Å². The molecule has 0 saturated carbocycles. The summed E-state index contributed by atoms with van der Waals surface area (Å²) >= 11 is 1.30. The zero-order valence-electron chi connectivity index (χ0n) is 14.7. The number of urea groups is 1. The fraction of sp³-hybridized carbons (Fsp3) is 0.316. The number of piperidine rings is 1. The van der Waals surface area contributed by atoms with Crippen LogP contribution in [0.1, 0.15) is 28.1 Å². The van der Waals surface area contributed by atoms with Crippen molar-refractivity contribution in [3.05, 3.63) is 40.8 Å². The molecular formula is C19H21N5O2S. The topological polar surface area (TPSA) is 120 Å². The van der Waals surface area contributed by atoms with Gasteiger partial charge < -0.3 is 21.7 Å². The molecule has 1 fully saturated rings. The van der Waals surface area contributed by atoms with Gasteiger partial charge in [-0.3, -0.25) is 4.79 Å². The second-order valence-electron chi connectivity index (χ2n) is 6.39. The Morgan fingerprint density at radius 2 is 2.11 bits per heavy atom. The maximum absolute atomic E-state index is 12.7. The van der Waals surface area contributed by atoms with E-state index in [0.29, 0.717) is 17.0 Å². The van der Waals surface area contributed by atoms with E-state index in [-0.39, 0.29) is 11.9 Å². The summed E-state index contributed by atoms with van der Waals surface area (Å²) in [6.45, 7) is 1.70. The SMILES string of the molecule is N#CCc1ccc(-c2cc(NC(N)=O)c(C(=O)N[C@H]3CCCNC3)s2)cc1. The third-order valence-corrected chi connectivity index (χ3v) is 5.53. The Balaban J connectivity index is 1.84. The molecule has 1 aliphatic heterocycles. The van der Waals surface area contributed by atoms with E-state index in [9.17, 15) is 9.59 Å². The molecule has 1 aromatic heterocycles. The van der Waals surface area contributed by atoms with Gasteiger partial charge in [0.05, 0.1) is 18.2 Å². The molecule has 3 amide bonds. The van der Waals surface area contributed by atoms with Crippen LogP contribution in [0, 0.1) is 11.3 Å². The molecule has 140 valence electrons. The number of amides is 3. The molecule has 0 unspecified atom stereocenters. The van der Waals surface area contributed by atoms with Gasteiger partial charge in [0.25, 0.3) is 5.91 Å². The lowest BCUT2D eigenvalue weighted by Crippen LogP contribution is -2.45. The number of benzene rings is 1. The summed E-state index contributed by atoms with van der Waals surface area (Å²) < 4.78 is 0. The van der Waals surface area contributed by atoms with Crippen LogP contribution in [0.5, 0.6) is 0 Å². The molecule has 0 spiro atoms. The maximum atomic E-state index is 12.7. The van der Waals surface area contributed by atoms with E-state index in [1.54, 1.807) is 6.07 Å². The maximum Gasteiger partial charge on any atom is 0.316 e. The Morgan fingerprint density at radius 1 is 1.33 bits per heavy atom. The number of anilines is 1. The normalized spacial score (nSPS) is 16.3. The average Bonchev–Trinajstić information content (AvgIpc) is 3.06. The first-order chi connectivity index (χ1) is 13.1. The van der Waals surface area contributed by atoms with Gasteiger partial charge in [-0.15, -0.1) is 11.3 Å². The smallest absolute Gasteiger partial charge is 0.316 e. The highest BCUT2D eigenvalue weighted by molar-refractivity contribution is 7.18. The number of rotatable bonds is 5. The third kappa shape index (κ3) is 4.84. The number of hydrogen-bond acceptors (Lipinski definition) is 5. The van der Waals surface area contributed by atoms with Gasteiger partial charge in [0, 0.05) is 17.5 Å². The number of nitriles is 1. The highest BCUT2D eigenvalue weighted by Crippen LogP contribution is 2.35. The summed E-state index contributed by atoms with van der Waals surface area (Å²) in [6, 6.07) is 10.8. The molecule has 0 radical (unpaired) electrons. The van der Waals surface area contributed by atoms with Gasteiger partial charge in [-0.05, 0) is 36.6 Å². The zero-order chi connectivity index (χ0) is 19.2. The number of carbonyl (C=O) groups excluding carboxylic acids is 2. The fourth-order valence-corrected chi connectivity index (χ4v) is 4.05. The van der Waals surface area contributed by atoms with Crippen molar-refractivity contribution in [3.63, 3.8) is 0 Å². The predicted molar refractivity (Wildman–Crippen MR) is 106 cm³/mol. The standard InChI is InChI=1S/C19H21N5O2S/c20-8-7-12-3-5-13(6-4-12)16-10-15(24-19(21)26)17(27-16)18(25)23-14-2-1-9-22-11-14/h3-6,10,14,22H,1-2,7,9,11H2,(H,23,25)(H3,21,24,26)/t14-/m0/s1. The second-order valence-corrected chi connectivity index (χ2v) is 7.44. The molecule has 27 heavy (non-hydrogen) atoms. The quantitative estimate of drug-likeness (QED) is 0.634. The summed E-state index contributed by atoms with van der Waals surface area (Å²) in [5, 5.41) is 17.6. The molecule has 3 rings (SSSR count). The van der Waals surface area contributed by atoms with Crippen molar-refractivity contribution in [2.24, 2.45) is 5.73 Å². The molecule has 8 heteroatoms. The van der Waals surface area contributed by atoms with Crippen LogP contribution in [0.2, 0.25) is 0 Å². The van der Waals surface area contributed by atoms with Gasteiger partial charge in [-0.2, -0.15) is 5.26 Å². The first-order valence-corrected chi connectivity index (χ1v) is 9.56. The molecule has 0 aliphatic carbocycles. The number of nitrogens with zero attached hydrogens (tertiary/aromatic N) is 1. The molecule has 2 aromatic rings. The van der Waals surface area contributed by atoms with Crippen LogP contribution in [0.15, 0.2) is 30.3 Å². The van der Waals surface area contributed by atoms with Crippen LogP contribution < -0.4 is 21.7 Å². The van der Waals surface area contributed by atoms with Crippen molar-refractivity contribution in [1.29, 1.82) is 5.26 Å². The Morgan fingerprint density at radius 3 is 2.74 bits per heavy atom. The van der Waals surface area contributed by atoms with Crippen LogP contribution in [-0.4, -0.2) is 31.1 Å². The molecule has 5 N–H and O–H groups in total. The van der Waals surface area contributed by atoms with E-state index in [1.165, 1.54) is 11.3 Å². The lowest BCUT2D eigenvalue weighted by atomic mass is 10.1. The Bertz CT molecular complexity index is 863. The van der Waals surface area contributed by atoms with Gasteiger partial charge in [-0.1, -0.05) is 24.3 Å². The molecule has 1 saturated heterocycles. The Hall–Kier alpha value is -2.89. The van der Waals surface area contributed by atoms with Crippen molar-refractivity contribution in [2.45, 2.75) is 25.3 Å². The van der Waals surface area contributed by atoms with Gasteiger partial charge in [-0.25, -0.2) is 4.79 Å². The Kier molecular flexibility index (Phi) is 6.06. The first-order valence-electron chi connectivity index (χ1n) is 8.75. The number of carbonyl (C=O) groups is 2. The minimum atomic E-state index is -0.711. The third-order valence-electron chi connectivity index (χ3n) is 4.35. The lowest BCUT2D eigenvalue weighted by Gasteiger charge is -2.23. The molecule has 1 aromatic carbocycles. The summed E-state index contributed by atoms with van der Waals surface area (Å²) in [5.74, 6) is -0.218. The molecule has 1 atom stereocenters. The van der Waals surface area contributed by atoms with Crippen LogP contribution in [0.4, 0.5) is 10.5 Å². The molecule has 7 nitrogen and oxygen atoms in total. The van der Waals surface area contributed by atoms with E-state index < -0.39 is 6.03 Å². The largest absolute Gasteiger partial charge is 0.351 e. The zero-order valence-corrected chi connectivity index (χ0v) is 15.6. The van der Waals surface area contributed by atoms with Crippen molar-refractivity contribution in [2.75, 3.05) is 18.4 Å². The molecule has 0 bridgehead atoms. The fourth-order valence-electron chi connectivity index (χ4n) is 3.03. The summed E-state index contributed by atoms with van der Waals surface area (Å²) in [7, 11) is 0. The van der Waals surface area contributed by atoms with Crippen molar-refractivity contribution < 1.29 is 9.59 Å².